The standard InChI is InChI=1S/C27H24ClFN4O3S/c28-23-11-6-19(17-24(23)29)18-32-13-15-33(16-14-32)27(34)21-7-9-22(10-8-21)31-37(35,36)25-5-1-3-20-4-2-12-30-26(20)25/h1-12,17,31H,13-16,18H2. The van der Waals surface area contributed by atoms with Crippen LogP contribution in [0.25, 0.3) is 10.9 Å². The van der Waals surface area contributed by atoms with Crippen LogP contribution in [0.2, 0.25) is 5.02 Å². The van der Waals surface area contributed by atoms with E-state index in [9.17, 15) is 17.6 Å². The molecule has 0 unspecified atom stereocenters. The fraction of sp³-hybridized carbons (Fsp3) is 0.185. The van der Waals surface area contributed by atoms with Crippen LogP contribution in [0.1, 0.15) is 15.9 Å². The number of fused-ring (bicyclic) bond motifs is 1. The van der Waals surface area contributed by atoms with E-state index in [0.717, 1.165) is 10.9 Å². The molecular weight excluding hydrogens is 515 g/mol. The lowest BCUT2D eigenvalue weighted by Crippen LogP contribution is -2.48. The van der Waals surface area contributed by atoms with Crippen LogP contribution >= 0.6 is 11.6 Å². The Morgan fingerprint density at radius 3 is 2.43 bits per heavy atom. The normalized spacial score (nSPS) is 14.6. The van der Waals surface area contributed by atoms with Crippen LogP contribution in [0.5, 0.6) is 0 Å². The molecule has 1 N–H and O–H groups in total. The molecule has 1 aliphatic heterocycles. The maximum absolute atomic E-state index is 13.7. The lowest BCUT2D eigenvalue weighted by molar-refractivity contribution is 0.0628. The third-order valence-electron chi connectivity index (χ3n) is 6.32. The number of carbonyl (C=O) groups excluding carboxylic acids is 1. The topological polar surface area (TPSA) is 82.6 Å². The molecule has 7 nitrogen and oxygen atoms in total. The molecule has 2 heterocycles. The number of sulfonamides is 1. The zero-order valence-corrected chi connectivity index (χ0v) is 21.3. The highest BCUT2D eigenvalue weighted by atomic mass is 35.5. The molecule has 1 saturated heterocycles. The first-order valence-electron chi connectivity index (χ1n) is 11.7. The third-order valence-corrected chi connectivity index (χ3v) is 8.04. The van der Waals surface area contributed by atoms with Gasteiger partial charge in [-0.25, -0.2) is 12.8 Å². The summed E-state index contributed by atoms with van der Waals surface area (Å²) in [5.74, 6) is -0.558. The van der Waals surface area contributed by atoms with E-state index in [0.29, 0.717) is 49.5 Å². The van der Waals surface area contributed by atoms with E-state index < -0.39 is 15.8 Å². The number of rotatable bonds is 6. The number of carbonyl (C=O) groups is 1. The third kappa shape index (κ3) is 5.58. The molecule has 0 bridgehead atoms. The molecule has 3 aromatic carbocycles. The molecule has 0 radical (unpaired) electrons. The van der Waals surface area contributed by atoms with Crippen LogP contribution in [-0.2, 0) is 16.6 Å². The Labute approximate surface area is 219 Å². The van der Waals surface area contributed by atoms with Gasteiger partial charge >= 0.3 is 0 Å². The largest absolute Gasteiger partial charge is 0.336 e. The quantitative estimate of drug-likeness (QED) is 0.382. The van der Waals surface area contributed by atoms with Crippen LogP contribution in [0.15, 0.2) is 83.9 Å². The van der Waals surface area contributed by atoms with Gasteiger partial charge in [0.1, 0.15) is 10.7 Å². The summed E-state index contributed by atoms with van der Waals surface area (Å²) in [5, 5.41) is 0.829. The first-order chi connectivity index (χ1) is 17.8. The van der Waals surface area contributed by atoms with Crippen molar-refractivity contribution >= 4 is 44.1 Å². The maximum Gasteiger partial charge on any atom is 0.264 e. The highest BCUT2D eigenvalue weighted by Gasteiger charge is 2.23. The number of pyridine rings is 1. The Bertz CT molecular complexity index is 1550. The number of aromatic nitrogens is 1. The molecule has 1 aromatic heterocycles. The van der Waals surface area contributed by atoms with Crippen LogP contribution in [-0.4, -0.2) is 55.3 Å². The van der Waals surface area contributed by atoms with Crippen molar-refractivity contribution in [1.29, 1.82) is 0 Å². The van der Waals surface area contributed by atoms with Crippen molar-refractivity contribution in [2.24, 2.45) is 0 Å². The second-order valence-corrected chi connectivity index (χ2v) is 10.9. The minimum atomic E-state index is -3.87. The Balaban J connectivity index is 1.21. The number of nitrogens with zero attached hydrogens (tertiary/aromatic N) is 3. The molecule has 1 fully saturated rings. The van der Waals surface area contributed by atoms with Gasteiger partial charge in [0.2, 0.25) is 0 Å². The Morgan fingerprint density at radius 1 is 0.973 bits per heavy atom. The van der Waals surface area contributed by atoms with Crippen molar-refractivity contribution < 1.29 is 17.6 Å². The number of amides is 1. The van der Waals surface area contributed by atoms with Crippen LogP contribution in [0.3, 0.4) is 0 Å². The minimum Gasteiger partial charge on any atom is -0.336 e. The van der Waals surface area contributed by atoms with E-state index in [1.807, 2.05) is 0 Å². The highest BCUT2D eigenvalue weighted by molar-refractivity contribution is 7.93. The summed E-state index contributed by atoms with van der Waals surface area (Å²) in [6.07, 6.45) is 1.55. The van der Waals surface area contributed by atoms with Crippen molar-refractivity contribution in [3.63, 3.8) is 0 Å². The number of hydrogen-bond acceptors (Lipinski definition) is 5. The monoisotopic (exact) mass is 538 g/mol. The summed E-state index contributed by atoms with van der Waals surface area (Å²) in [6.45, 7) is 2.98. The van der Waals surface area contributed by atoms with E-state index in [4.69, 9.17) is 11.6 Å². The molecule has 0 saturated carbocycles. The van der Waals surface area contributed by atoms with Gasteiger partial charge < -0.3 is 4.90 Å². The van der Waals surface area contributed by atoms with E-state index in [1.54, 1.807) is 71.8 Å². The summed E-state index contributed by atoms with van der Waals surface area (Å²) in [5.41, 5.74) is 2.05. The summed E-state index contributed by atoms with van der Waals surface area (Å²) < 4.78 is 42.3. The second-order valence-electron chi connectivity index (χ2n) is 8.83. The number of hydrogen-bond donors (Lipinski definition) is 1. The molecule has 0 atom stereocenters. The smallest absolute Gasteiger partial charge is 0.264 e. The van der Waals surface area contributed by atoms with Crippen LogP contribution in [0, 0.1) is 5.82 Å². The minimum absolute atomic E-state index is 0.0879. The second kappa shape index (κ2) is 10.5. The summed E-state index contributed by atoms with van der Waals surface area (Å²) >= 11 is 5.76. The first-order valence-corrected chi connectivity index (χ1v) is 13.6. The van der Waals surface area contributed by atoms with Gasteiger partial charge in [0.05, 0.1) is 10.5 Å². The molecule has 0 spiro atoms. The van der Waals surface area contributed by atoms with E-state index >= 15 is 0 Å². The number of para-hydroxylation sites is 1. The van der Waals surface area contributed by atoms with Crippen molar-refractivity contribution in [1.82, 2.24) is 14.8 Å². The molecule has 0 aliphatic carbocycles. The molecule has 5 rings (SSSR count). The van der Waals surface area contributed by atoms with Crippen molar-refractivity contribution in [3.05, 3.63) is 101 Å². The van der Waals surface area contributed by atoms with Gasteiger partial charge in [-0.15, -0.1) is 0 Å². The summed E-state index contributed by atoms with van der Waals surface area (Å²) in [7, 11) is -3.87. The number of benzene rings is 3. The predicted molar refractivity (Wildman–Crippen MR) is 142 cm³/mol. The molecule has 37 heavy (non-hydrogen) atoms. The summed E-state index contributed by atoms with van der Waals surface area (Å²) in [4.78, 5) is 21.2. The van der Waals surface area contributed by atoms with E-state index in [1.165, 1.54) is 12.1 Å². The molecular formula is C27H24ClFN4O3S. The van der Waals surface area contributed by atoms with Crippen LogP contribution in [0.4, 0.5) is 10.1 Å². The molecule has 10 heteroatoms. The van der Waals surface area contributed by atoms with Crippen LogP contribution < -0.4 is 4.72 Å². The number of halogens is 2. The number of piperazine rings is 1. The van der Waals surface area contributed by atoms with Gasteiger partial charge in [-0.3, -0.25) is 19.4 Å². The molecule has 4 aromatic rings. The fourth-order valence-electron chi connectivity index (χ4n) is 4.37. The van der Waals surface area contributed by atoms with Gasteiger partial charge in [0.25, 0.3) is 15.9 Å². The van der Waals surface area contributed by atoms with Gasteiger partial charge in [-0.2, -0.15) is 0 Å². The zero-order chi connectivity index (χ0) is 26.0. The van der Waals surface area contributed by atoms with Gasteiger partial charge in [-0.1, -0.05) is 35.9 Å². The van der Waals surface area contributed by atoms with Crippen molar-refractivity contribution in [2.75, 3.05) is 30.9 Å². The average molecular weight is 539 g/mol. The number of anilines is 1. The highest BCUT2D eigenvalue weighted by Crippen LogP contribution is 2.24. The van der Waals surface area contributed by atoms with Crippen molar-refractivity contribution in [2.45, 2.75) is 11.4 Å². The SMILES string of the molecule is O=C(c1ccc(NS(=O)(=O)c2cccc3cccnc23)cc1)N1CCN(Cc2ccc(Cl)c(F)c2)CC1. The van der Waals surface area contributed by atoms with E-state index in [2.05, 4.69) is 14.6 Å². The molecule has 190 valence electrons. The fourth-order valence-corrected chi connectivity index (χ4v) is 5.73. The average Bonchev–Trinajstić information content (AvgIpc) is 2.91. The lowest BCUT2D eigenvalue weighted by Gasteiger charge is -2.34. The number of nitrogens with one attached hydrogen (secondary N) is 1. The van der Waals surface area contributed by atoms with Gasteiger partial charge in [-0.05, 0) is 54.1 Å². The molecule has 1 amide bonds. The van der Waals surface area contributed by atoms with Gasteiger partial charge in [0.15, 0.2) is 0 Å². The maximum atomic E-state index is 13.7. The molecule has 1 aliphatic rings. The Kier molecular flexibility index (Phi) is 7.10. The van der Waals surface area contributed by atoms with Crippen molar-refractivity contribution in [3.8, 4) is 0 Å². The summed E-state index contributed by atoms with van der Waals surface area (Å²) in [6, 6.07) is 19.7. The van der Waals surface area contributed by atoms with Gasteiger partial charge in [0, 0.05) is 55.6 Å². The first kappa shape index (κ1) is 25.1. The van der Waals surface area contributed by atoms with E-state index in [-0.39, 0.29) is 15.8 Å². The lowest BCUT2D eigenvalue weighted by atomic mass is 10.1. The predicted octanol–water partition coefficient (Wildman–Crippen LogP) is 4.79. The Hall–Kier alpha value is -3.53. The zero-order valence-electron chi connectivity index (χ0n) is 19.8. The Morgan fingerprint density at radius 2 is 1.70 bits per heavy atom.